The second-order valence-corrected chi connectivity index (χ2v) is 4.29. The first-order valence-electron chi connectivity index (χ1n) is 5.97. The molecule has 96 valence electrons. The van der Waals surface area contributed by atoms with Crippen LogP contribution in [0.15, 0.2) is 30.3 Å². The number of benzene rings is 1. The lowest BCUT2D eigenvalue weighted by Crippen LogP contribution is -2.46. The molecule has 1 heterocycles. The Morgan fingerprint density at radius 1 is 1.44 bits per heavy atom. The largest absolute Gasteiger partial charge is 0.378 e. The molecule has 1 aromatic carbocycles. The van der Waals surface area contributed by atoms with E-state index in [2.05, 4.69) is 5.32 Å². The van der Waals surface area contributed by atoms with Crippen LogP contribution in [0.3, 0.4) is 0 Å². The Labute approximate surface area is 105 Å². The lowest BCUT2D eigenvalue weighted by molar-refractivity contribution is -0.142. The van der Waals surface area contributed by atoms with Crippen LogP contribution in [0.25, 0.3) is 0 Å². The van der Waals surface area contributed by atoms with E-state index in [0.29, 0.717) is 18.5 Å². The zero-order chi connectivity index (χ0) is 13.0. The average Bonchev–Trinajstić information content (AvgIpc) is 2.87. The number of aliphatic hydroxyl groups is 1. The minimum atomic E-state index is -1.17. The van der Waals surface area contributed by atoms with Gasteiger partial charge in [-0.25, -0.2) is 0 Å². The molecule has 1 fully saturated rings. The molecule has 0 aromatic heterocycles. The van der Waals surface area contributed by atoms with Crippen molar-refractivity contribution in [2.75, 3.05) is 6.54 Å². The predicted molar refractivity (Wildman–Crippen MR) is 65.3 cm³/mol. The molecule has 2 atom stereocenters. The third-order valence-corrected chi connectivity index (χ3v) is 3.15. The van der Waals surface area contributed by atoms with E-state index in [9.17, 15) is 14.7 Å². The lowest BCUT2D eigenvalue weighted by atomic mass is 10.1. The summed E-state index contributed by atoms with van der Waals surface area (Å²) >= 11 is 0. The smallest absolute Gasteiger partial charge is 0.257 e. The first-order valence-corrected chi connectivity index (χ1v) is 5.97. The van der Waals surface area contributed by atoms with Crippen molar-refractivity contribution in [1.82, 2.24) is 10.2 Å². The number of carbonyl (C=O) groups is 2. The number of nitrogens with one attached hydrogen (secondary N) is 1. The molecule has 0 bridgehead atoms. The Morgan fingerprint density at radius 3 is 2.83 bits per heavy atom. The first-order chi connectivity index (χ1) is 8.74. The predicted octanol–water partition coefficient (Wildman–Crippen LogP) is 0.414. The van der Waals surface area contributed by atoms with Gasteiger partial charge in [0.05, 0.1) is 0 Å². The zero-order valence-corrected chi connectivity index (χ0v) is 9.95. The fourth-order valence-corrected chi connectivity index (χ4v) is 2.22. The summed E-state index contributed by atoms with van der Waals surface area (Å²) in [6.07, 6.45) is 0.684. The first kappa shape index (κ1) is 12.6. The molecular formula is C13H16N2O3. The van der Waals surface area contributed by atoms with Gasteiger partial charge in [0.1, 0.15) is 6.17 Å². The summed E-state index contributed by atoms with van der Waals surface area (Å²) in [6, 6.07) is 8.79. The second-order valence-electron chi connectivity index (χ2n) is 4.29. The van der Waals surface area contributed by atoms with Crippen LogP contribution < -0.4 is 5.32 Å². The highest BCUT2D eigenvalue weighted by Crippen LogP contribution is 2.21. The van der Waals surface area contributed by atoms with Crippen molar-refractivity contribution in [1.29, 1.82) is 0 Å². The van der Waals surface area contributed by atoms with Gasteiger partial charge < -0.3 is 15.3 Å². The van der Waals surface area contributed by atoms with E-state index in [1.54, 1.807) is 24.3 Å². The fraction of sp³-hybridized carbons (Fsp3) is 0.385. The van der Waals surface area contributed by atoms with Crippen LogP contribution in [-0.2, 0) is 9.59 Å². The summed E-state index contributed by atoms with van der Waals surface area (Å²) in [7, 11) is 0. The van der Waals surface area contributed by atoms with E-state index in [4.69, 9.17) is 0 Å². The summed E-state index contributed by atoms with van der Waals surface area (Å²) in [6.45, 7) is 0.564. The molecule has 0 spiro atoms. The maximum absolute atomic E-state index is 12.2. The number of hydrogen-bond donors (Lipinski definition) is 2. The molecule has 1 saturated heterocycles. The monoisotopic (exact) mass is 248 g/mol. The maximum Gasteiger partial charge on any atom is 0.257 e. The molecule has 5 heteroatoms. The zero-order valence-electron chi connectivity index (χ0n) is 9.95. The topological polar surface area (TPSA) is 69.6 Å². The summed E-state index contributed by atoms with van der Waals surface area (Å²) in [4.78, 5) is 24.1. The normalized spacial score (nSPS) is 20.5. The van der Waals surface area contributed by atoms with Gasteiger partial charge in [0.2, 0.25) is 6.41 Å². The van der Waals surface area contributed by atoms with E-state index in [0.717, 1.165) is 12.8 Å². The van der Waals surface area contributed by atoms with E-state index >= 15 is 0 Å². The molecule has 2 amide bonds. The summed E-state index contributed by atoms with van der Waals surface area (Å²) in [5.41, 5.74) is 0.569. The molecule has 1 aliphatic rings. The average molecular weight is 248 g/mol. The Morgan fingerprint density at radius 2 is 2.17 bits per heavy atom. The number of likely N-dealkylation sites (tertiary alicyclic amines) is 1. The molecule has 2 N–H and O–H groups in total. The van der Waals surface area contributed by atoms with Crippen LogP contribution in [0.4, 0.5) is 0 Å². The second kappa shape index (κ2) is 5.64. The standard InChI is InChI=1S/C13H16N2O3/c16-9-14-11-7-4-8-15(11)13(18)12(17)10-5-2-1-3-6-10/h1-3,5-6,9,11-12,17H,4,7-8H2,(H,14,16)/t11?,12-/m0/s1. The van der Waals surface area contributed by atoms with Crippen LogP contribution in [-0.4, -0.2) is 35.0 Å². The fourth-order valence-electron chi connectivity index (χ4n) is 2.22. The number of carbonyl (C=O) groups excluding carboxylic acids is 2. The van der Waals surface area contributed by atoms with Crippen molar-refractivity contribution in [3.05, 3.63) is 35.9 Å². The van der Waals surface area contributed by atoms with Crippen molar-refractivity contribution in [3.63, 3.8) is 0 Å². The van der Waals surface area contributed by atoms with Crippen molar-refractivity contribution >= 4 is 12.3 Å². The van der Waals surface area contributed by atoms with Gasteiger partial charge in [-0.15, -0.1) is 0 Å². The Hall–Kier alpha value is -1.88. The number of aliphatic hydroxyl groups excluding tert-OH is 1. The van der Waals surface area contributed by atoms with Gasteiger partial charge in [-0.05, 0) is 18.4 Å². The highest BCUT2D eigenvalue weighted by molar-refractivity contribution is 5.82. The van der Waals surface area contributed by atoms with Gasteiger partial charge >= 0.3 is 0 Å². The third kappa shape index (κ3) is 2.51. The summed E-state index contributed by atoms with van der Waals surface area (Å²) in [5.74, 6) is -0.363. The van der Waals surface area contributed by atoms with E-state index in [-0.39, 0.29) is 12.1 Å². The molecule has 18 heavy (non-hydrogen) atoms. The van der Waals surface area contributed by atoms with Gasteiger partial charge in [0.25, 0.3) is 5.91 Å². The minimum Gasteiger partial charge on any atom is -0.378 e. The summed E-state index contributed by atoms with van der Waals surface area (Å²) < 4.78 is 0. The minimum absolute atomic E-state index is 0.298. The van der Waals surface area contributed by atoms with Crippen LogP contribution in [0.5, 0.6) is 0 Å². The molecule has 2 rings (SSSR count). The van der Waals surface area contributed by atoms with E-state index in [1.807, 2.05) is 6.07 Å². The Balaban J connectivity index is 2.09. The SMILES string of the molecule is O=CNC1CCCN1C(=O)[C@@H](O)c1ccccc1. The molecule has 0 saturated carbocycles. The van der Waals surface area contributed by atoms with Gasteiger partial charge in [-0.2, -0.15) is 0 Å². The quantitative estimate of drug-likeness (QED) is 0.758. The van der Waals surface area contributed by atoms with Crippen molar-refractivity contribution in [2.45, 2.75) is 25.1 Å². The molecule has 1 unspecified atom stereocenters. The Kier molecular flexibility index (Phi) is 3.94. The molecular weight excluding hydrogens is 232 g/mol. The van der Waals surface area contributed by atoms with E-state index in [1.165, 1.54) is 4.90 Å². The lowest BCUT2D eigenvalue weighted by Gasteiger charge is -2.26. The molecule has 0 radical (unpaired) electrons. The van der Waals surface area contributed by atoms with Gasteiger partial charge in [0.15, 0.2) is 6.10 Å². The molecule has 0 aliphatic carbocycles. The van der Waals surface area contributed by atoms with Crippen molar-refractivity contribution < 1.29 is 14.7 Å². The van der Waals surface area contributed by atoms with Gasteiger partial charge in [-0.1, -0.05) is 30.3 Å². The third-order valence-electron chi connectivity index (χ3n) is 3.15. The summed E-state index contributed by atoms with van der Waals surface area (Å²) in [5, 5.41) is 12.6. The van der Waals surface area contributed by atoms with E-state index < -0.39 is 6.10 Å². The van der Waals surface area contributed by atoms with Crippen LogP contribution >= 0.6 is 0 Å². The number of nitrogens with zero attached hydrogens (tertiary/aromatic N) is 1. The van der Waals surface area contributed by atoms with Gasteiger partial charge in [-0.3, -0.25) is 9.59 Å². The molecule has 1 aliphatic heterocycles. The van der Waals surface area contributed by atoms with Crippen LogP contribution in [0.1, 0.15) is 24.5 Å². The molecule has 1 aromatic rings. The van der Waals surface area contributed by atoms with Gasteiger partial charge in [0, 0.05) is 6.54 Å². The number of hydrogen-bond acceptors (Lipinski definition) is 3. The highest BCUT2D eigenvalue weighted by atomic mass is 16.3. The van der Waals surface area contributed by atoms with Crippen LogP contribution in [0, 0.1) is 0 Å². The van der Waals surface area contributed by atoms with Crippen molar-refractivity contribution in [3.8, 4) is 0 Å². The Bertz CT molecular complexity index is 422. The van der Waals surface area contributed by atoms with Crippen molar-refractivity contribution in [2.24, 2.45) is 0 Å². The highest BCUT2D eigenvalue weighted by Gasteiger charge is 2.32. The number of amides is 2. The maximum atomic E-state index is 12.2. The number of rotatable bonds is 4. The molecule has 5 nitrogen and oxygen atoms in total. The van der Waals surface area contributed by atoms with Crippen LogP contribution in [0.2, 0.25) is 0 Å².